The minimum Gasteiger partial charge on any atom is -0.546 e. The number of hydrazone groups is 1. The molecule has 27 heavy (non-hydrogen) atoms. The molecule has 0 aliphatic heterocycles. The van der Waals surface area contributed by atoms with Gasteiger partial charge in [0.25, 0.3) is 0 Å². The predicted molar refractivity (Wildman–Crippen MR) is 95.8 cm³/mol. The molecular weight excluding hydrogens is 350 g/mol. The molecule has 0 radical (unpaired) electrons. The summed E-state index contributed by atoms with van der Waals surface area (Å²) in [5.41, 5.74) is 3.82. The number of nitrogens with zero attached hydrogens (tertiary/aromatic N) is 1. The molecule has 2 rings (SSSR count). The number of aliphatic carboxylic acids is 1. The second-order valence-electron chi connectivity index (χ2n) is 5.42. The number of amides is 2. The van der Waals surface area contributed by atoms with E-state index in [1.54, 1.807) is 24.3 Å². The van der Waals surface area contributed by atoms with E-state index in [0.717, 1.165) is 5.56 Å². The summed E-state index contributed by atoms with van der Waals surface area (Å²) in [5.74, 6) is -2.59. The minimum absolute atomic E-state index is 0.341. The first-order valence-electron chi connectivity index (χ1n) is 8.12. The molecule has 0 aromatic heterocycles. The third kappa shape index (κ3) is 7.39. The van der Waals surface area contributed by atoms with Crippen molar-refractivity contribution in [3.05, 3.63) is 65.7 Å². The van der Waals surface area contributed by atoms with Gasteiger partial charge in [-0.3, -0.25) is 9.59 Å². The van der Waals surface area contributed by atoms with E-state index in [0.29, 0.717) is 24.3 Å². The number of carboxylic acids is 1. The Morgan fingerprint density at radius 2 is 1.70 bits per heavy atom. The maximum absolute atomic E-state index is 11.7. The third-order valence-electron chi connectivity index (χ3n) is 3.36. The number of ether oxygens (including phenoxy) is 1. The van der Waals surface area contributed by atoms with Gasteiger partial charge in [-0.25, -0.2) is 5.43 Å². The van der Waals surface area contributed by atoms with Crippen molar-refractivity contribution in [3.8, 4) is 5.75 Å². The number of carboxylic acid groups (broad SMARTS) is 1. The van der Waals surface area contributed by atoms with Crippen molar-refractivity contribution in [1.82, 2.24) is 10.7 Å². The lowest BCUT2D eigenvalue weighted by Gasteiger charge is -2.06. The number of benzene rings is 2. The van der Waals surface area contributed by atoms with Crippen LogP contribution in [0.5, 0.6) is 5.75 Å². The van der Waals surface area contributed by atoms with Gasteiger partial charge in [-0.2, -0.15) is 5.10 Å². The summed E-state index contributed by atoms with van der Waals surface area (Å²) in [4.78, 5) is 33.6. The maximum Gasteiger partial charge on any atom is 0.329 e. The first-order valence-corrected chi connectivity index (χ1v) is 8.12. The average molecular weight is 368 g/mol. The minimum atomic E-state index is -1.31. The smallest absolute Gasteiger partial charge is 0.329 e. The molecular formula is C19H18N3O5-. The normalized spacial score (nSPS) is 10.4. The topological polar surface area (TPSA) is 120 Å². The molecule has 2 aromatic carbocycles. The Labute approximate surface area is 155 Å². The quantitative estimate of drug-likeness (QED) is 0.374. The van der Waals surface area contributed by atoms with Crippen LogP contribution >= 0.6 is 0 Å². The summed E-state index contributed by atoms with van der Waals surface area (Å²) >= 11 is 0. The van der Waals surface area contributed by atoms with E-state index in [-0.39, 0.29) is 0 Å². The highest BCUT2D eigenvalue weighted by molar-refractivity contribution is 6.35. The lowest BCUT2D eigenvalue weighted by atomic mass is 10.1. The summed E-state index contributed by atoms with van der Waals surface area (Å²) < 4.78 is 4.94. The zero-order valence-electron chi connectivity index (χ0n) is 14.4. The van der Waals surface area contributed by atoms with E-state index >= 15 is 0 Å². The number of carbonyl (C=O) groups is 3. The molecule has 2 aromatic rings. The second kappa shape index (κ2) is 10.3. The fourth-order valence-corrected chi connectivity index (χ4v) is 2.05. The lowest BCUT2D eigenvalue weighted by Crippen LogP contribution is -2.38. The van der Waals surface area contributed by atoms with Crippen molar-refractivity contribution < 1.29 is 24.2 Å². The Morgan fingerprint density at radius 3 is 2.37 bits per heavy atom. The van der Waals surface area contributed by atoms with E-state index in [1.807, 2.05) is 30.3 Å². The van der Waals surface area contributed by atoms with Crippen molar-refractivity contribution in [2.24, 2.45) is 5.10 Å². The van der Waals surface area contributed by atoms with Gasteiger partial charge >= 0.3 is 11.8 Å². The molecule has 0 heterocycles. The fourth-order valence-electron chi connectivity index (χ4n) is 2.05. The van der Waals surface area contributed by atoms with Crippen LogP contribution in [0.1, 0.15) is 11.1 Å². The Balaban J connectivity index is 1.72. The second-order valence-corrected chi connectivity index (χ2v) is 5.42. The van der Waals surface area contributed by atoms with Gasteiger partial charge in [0.15, 0.2) is 0 Å². The van der Waals surface area contributed by atoms with Gasteiger partial charge < -0.3 is 20.0 Å². The summed E-state index contributed by atoms with van der Waals surface area (Å²) in [6.07, 6.45) is 1.97. The average Bonchev–Trinajstić information content (AvgIpc) is 2.68. The molecule has 140 valence electrons. The van der Waals surface area contributed by atoms with E-state index in [4.69, 9.17) is 4.74 Å². The molecule has 0 aliphatic carbocycles. The van der Waals surface area contributed by atoms with Gasteiger partial charge in [-0.15, -0.1) is 0 Å². The van der Waals surface area contributed by atoms with Crippen LogP contribution in [0, 0.1) is 0 Å². The van der Waals surface area contributed by atoms with Gasteiger partial charge in [0.1, 0.15) is 12.4 Å². The highest BCUT2D eigenvalue weighted by Gasteiger charge is 2.11. The van der Waals surface area contributed by atoms with E-state index in [1.165, 1.54) is 6.21 Å². The van der Waals surface area contributed by atoms with Crippen LogP contribution in [0.4, 0.5) is 0 Å². The molecule has 0 saturated carbocycles. The van der Waals surface area contributed by atoms with Crippen LogP contribution in [-0.4, -0.2) is 37.1 Å². The molecule has 0 unspecified atom stereocenters. The van der Waals surface area contributed by atoms with Crippen LogP contribution in [0.25, 0.3) is 0 Å². The predicted octanol–water partition coefficient (Wildman–Crippen LogP) is -0.376. The summed E-state index contributed by atoms with van der Waals surface area (Å²) in [6, 6.07) is 15.9. The Bertz CT molecular complexity index is 804. The molecule has 0 fully saturated rings. The van der Waals surface area contributed by atoms with Gasteiger partial charge in [0.05, 0.1) is 12.2 Å². The van der Waals surface area contributed by atoms with Crippen LogP contribution < -0.4 is 20.6 Å². The van der Waals surface area contributed by atoms with Crippen LogP contribution in [0.3, 0.4) is 0 Å². The molecule has 0 saturated heterocycles. The molecule has 0 atom stereocenters. The van der Waals surface area contributed by atoms with E-state index < -0.39 is 24.4 Å². The number of hydrogen-bond acceptors (Lipinski definition) is 6. The summed E-state index contributed by atoms with van der Waals surface area (Å²) in [5, 5.41) is 16.5. The summed E-state index contributed by atoms with van der Waals surface area (Å²) in [6.45, 7) is -0.198. The van der Waals surface area contributed by atoms with Crippen molar-refractivity contribution in [3.63, 3.8) is 0 Å². The Morgan fingerprint density at radius 1 is 1.00 bits per heavy atom. The van der Waals surface area contributed by atoms with Crippen molar-refractivity contribution in [2.45, 2.75) is 6.42 Å². The third-order valence-corrected chi connectivity index (χ3v) is 3.36. The molecule has 2 N–H and O–H groups in total. The summed E-state index contributed by atoms with van der Waals surface area (Å²) in [7, 11) is 0. The highest BCUT2D eigenvalue weighted by Crippen LogP contribution is 2.10. The Hall–Kier alpha value is -3.68. The van der Waals surface area contributed by atoms with Crippen LogP contribution in [0.2, 0.25) is 0 Å². The van der Waals surface area contributed by atoms with Crippen LogP contribution in [0.15, 0.2) is 59.7 Å². The Kier molecular flexibility index (Phi) is 7.52. The zero-order chi connectivity index (χ0) is 19.5. The first-order chi connectivity index (χ1) is 13.0. The van der Waals surface area contributed by atoms with Gasteiger partial charge in [-0.05, 0) is 41.8 Å². The first kappa shape index (κ1) is 19.6. The largest absolute Gasteiger partial charge is 0.546 e. The fraction of sp³-hybridized carbons (Fsp3) is 0.158. The molecule has 0 aliphatic rings. The van der Waals surface area contributed by atoms with Crippen molar-refractivity contribution in [1.29, 1.82) is 0 Å². The monoisotopic (exact) mass is 368 g/mol. The number of rotatable bonds is 8. The number of hydrogen-bond donors (Lipinski definition) is 2. The molecule has 0 spiro atoms. The standard InChI is InChI=1S/C19H19N3O5/c23-17(24)13-27-16-8-6-15(7-9-16)12-21-22-19(26)18(25)20-11-10-14-4-2-1-3-5-14/h1-9,12H,10-11,13H2,(H,20,25)(H,22,26)(H,23,24)/p-1/b21-12-. The SMILES string of the molecule is O=C([O-])COc1ccc(/C=N\NC(=O)C(=O)NCCc2ccccc2)cc1. The van der Waals surface area contributed by atoms with Gasteiger partial charge in [-0.1, -0.05) is 30.3 Å². The van der Waals surface area contributed by atoms with Gasteiger partial charge in [0.2, 0.25) is 0 Å². The van der Waals surface area contributed by atoms with Gasteiger partial charge in [0, 0.05) is 6.54 Å². The molecule has 2 amide bonds. The van der Waals surface area contributed by atoms with Crippen molar-refractivity contribution in [2.75, 3.05) is 13.2 Å². The molecule has 8 heteroatoms. The maximum atomic E-state index is 11.7. The van der Waals surface area contributed by atoms with Crippen molar-refractivity contribution >= 4 is 24.0 Å². The number of carbonyl (C=O) groups excluding carboxylic acids is 3. The lowest BCUT2D eigenvalue weighted by molar-refractivity contribution is -0.307. The zero-order valence-corrected chi connectivity index (χ0v) is 14.4. The highest BCUT2D eigenvalue weighted by atomic mass is 16.5. The van der Waals surface area contributed by atoms with Crippen LogP contribution in [-0.2, 0) is 20.8 Å². The molecule has 0 bridgehead atoms. The van der Waals surface area contributed by atoms with E-state index in [2.05, 4.69) is 15.8 Å². The molecule has 8 nitrogen and oxygen atoms in total. The van der Waals surface area contributed by atoms with E-state index in [9.17, 15) is 19.5 Å². The number of nitrogens with one attached hydrogen (secondary N) is 2.